The molecule has 70 valence electrons. The van der Waals surface area contributed by atoms with Crippen molar-refractivity contribution >= 4 is 0 Å². The van der Waals surface area contributed by atoms with Crippen molar-refractivity contribution in [1.29, 1.82) is 0 Å². The fraction of sp³-hybridized carbons (Fsp3) is 0.273. The maximum absolute atomic E-state index is 2.92. The van der Waals surface area contributed by atoms with Gasteiger partial charge in [-0.3, -0.25) is 0 Å². The monoisotopic (exact) mass is 182 g/mol. The van der Waals surface area contributed by atoms with Gasteiger partial charge in [0, 0.05) is 18.9 Å². The quantitative estimate of drug-likeness (QED) is 0.371. The summed E-state index contributed by atoms with van der Waals surface area (Å²) < 4.78 is 3.96. The van der Waals surface area contributed by atoms with Crippen LogP contribution in [-0.2, 0) is 14.1 Å². The van der Waals surface area contributed by atoms with Crippen LogP contribution < -0.4 is 18.9 Å². The molecule has 0 N–H and O–H groups in total. The van der Waals surface area contributed by atoms with Crippen molar-refractivity contribution in [3.8, 4) is 0 Å². The average Bonchev–Trinajstić information content (AvgIpc) is 2.67. The third-order valence-electron chi connectivity index (χ3n) is 1.89. The zero-order valence-electron chi connectivity index (χ0n) is 9.36. The van der Waals surface area contributed by atoms with E-state index in [1.807, 2.05) is 49.3 Å². The molecule has 0 saturated heterocycles. The van der Waals surface area contributed by atoms with Crippen molar-refractivity contribution in [2.45, 2.75) is 6.92 Å². The number of aryl methyl sites for hydroxylation is 3. The first-order valence-corrected chi connectivity index (χ1v) is 4.27. The van der Waals surface area contributed by atoms with Crippen LogP contribution in [0.2, 0.25) is 0 Å². The van der Waals surface area contributed by atoms with Gasteiger partial charge in [-0.2, -0.15) is 12.1 Å². The van der Waals surface area contributed by atoms with Crippen molar-refractivity contribution in [3.05, 3.63) is 48.5 Å². The van der Waals surface area contributed by atoms with Gasteiger partial charge in [0.25, 0.3) is 0 Å². The van der Waals surface area contributed by atoms with Gasteiger partial charge in [0.15, 0.2) is 0 Å². The normalized spacial score (nSPS) is 8.50. The summed E-state index contributed by atoms with van der Waals surface area (Å²) >= 11 is 0. The van der Waals surface area contributed by atoms with Gasteiger partial charge in [0.2, 0.25) is 0 Å². The number of hydrogen-bond acceptors (Lipinski definition) is 0. The molecule has 0 aliphatic carbocycles. The van der Waals surface area contributed by atoms with E-state index < -0.39 is 0 Å². The van der Waals surface area contributed by atoms with Gasteiger partial charge in [-0.05, 0) is 26.1 Å². The van der Waals surface area contributed by atoms with E-state index in [0.717, 1.165) is 0 Å². The SMILES string of the molecule is Cc1cccn1C.Cn1[c-]ccc1.[Li+]. The smallest absolute Gasteiger partial charge is 0.473 e. The van der Waals surface area contributed by atoms with Gasteiger partial charge < -0.3 is 9.13 Å². The Labute approximate surface area is 97.7 Å². The zero-order valence-corrected chi connectivity index (χ0v) is 9.36. The molecule has 0 aliphatic heterocycles. The summed E-state index contributed by atoms with van der Waals surface area (Å²) in [5.41, 5.74) is 1.31. The van der Waals surface area contributed by atoms with Gasteiger partial charge >= 0.3 is 18.9 Å². The van der Waals surface area contributed by atoms with E-state index in [4.69, 9.17) is 0 Å². The molecule has 0 amide bonds. The molecule has 14 heavy (non-hydrogen) atoms. The van der Waals surface area contributed by atoms with Crippen LogP contribution in [0.5, 0.6) is 0 Å². The van der Waals surface area contributed by atoms with Crippen LogP contribution in [0, 0.1) is 13.1 Å². The minimum absolute atomic E-state index is 0. The molecule has 2 aromatic rings. The third kappa shape index (κ3) is 4.41. The van der Waals surface area contributed by atoms with Crippen molar-refractivity contribution in [1.82, 2.24) is 9.13 Å². The Hall–Kier alpha value is -0.843. The molecule has 0 saturated carbocycles. The molecule has 2 rings (SSSR count). The second-order valence-corrected chi connectivity index (χ2v) is 3.01. The Morgan fingerprint density at radius 1 is 1.14 bits per heavy atom. The van der Waals surface area contributed by atoms with Crippen LogP contribution >= 0.6 is 0 Å². The fourth-order valence-electron chi connectivity index (χ4n) is 0.922. The molecule has 0 atom stereocenters. The first-order valence-electron chi connectivity index (χ1n) is 4.27. The number of aromatic nitrogens is 2. The molecule has 0 radical (unpaired) electrons. The van der Waals surface area contributed by atoms with Gasteiger partial charge in [0.05, 0.1) is 0 Å². The van der Waals surface area contributed by atoms with E-state index in [1.165, 1.54) is 5.69 Å². The number of hydrogen-bond donors (Lipinski definition) is 0. The summed E-state index contributed by atoms with van der Waals surface area (Å²) in [6, 6.07) is 7.94. The molecule has 2 aromatic heterocycles. The summed E-state index contributed by atoms with van der Waals surface area (Å²) in [5.74, 6) is 0. The second-order valence-electron chi connectivity index (χ2n) is 3.01. The maximum atomic E-state index is 2.92. The standard InChI is InChI=1S/C6H9N.C5H6N.Li/c1-6-4-3-5-7(6)2;1-6-4-2-3-5-6;/h3-5H,1-2H3;2-4H,1H3;/q;-1;+1. The topological polar surface area (TPSA) is 9.86 Å². The third-order valence-corrected chi connectivity index (χ3v) is 1.89. The first-order chi connectivity index (χ1) is 6.20. The molecule has 2 nitrogen and oxygen atoms in total. The largest absolute Gasteiger partial charge is 1.00 e. The average molecular weight is 182 g/mol. The van der Waals surface area contributed by atoms with Gasteiger partial charge in [-0.25, -0.2) is 0 Å². The Bertz CT molecular complexity index is 319. The molecule has 0 aliphatic rings. The first kappa shape index (κ1) is 13.2. The predicted molar refractivity (Wildman–Crippen MR) is 54.4 cm³/mol. The minimum Gasteiger partial charge on any atom is -0.473 e. The maximum Gasteiger partial charge on any atom is 1.00 e. The van der Waals surface area contributed by atoms with E-state index in [-0.39, 0.29) is 18.9 Å². The molecule has 0 unspecified atom stereocenters. The van der Waals surface area contributed by atoms with Gasteiger partial charge in [0.1, 0.15) is 0 Å². The molecule has 3 heteroatoms. The number of nitrogens with zero attached hydrogens (tertiary/aromatic N) is 2. The van der Waals surface area contributed by atoms with E-state index >= 15 is 0 Å². The Morgan fingerprint density at radius 3 is 2.00 bits per heavy atom. The predicted octanol–water partition coefficient (Wildman–Crippen LogP) is -0.837. The van der Waals surface area contributed by atoms with Gasteiger partial charge in [-0.1, -0.05) is 0 Å². The van der Waals surface area contributed by atoms with Crippen LogP contribution in [0.25, 0.3) is 0 Å². The van der Waals surface area contributed by atoms with Crippen LogP contribution in [0.3, 0.4) is 0 Å². The summed E-state index contributed by atoms with van der Waals surface area (Å²) in [6.07, 6.45) is 6.90. The summed E-state index contributed by atoms with van der Waals surface area (Å²) in [4.78, 5) is 0. The molecule has 0 spiro atoms. The fourth-order valence-corrected chi connectivity index (χ4v) is 0.922. The van der Waals surface area contributed by atoms with E-state index in [2.05, 4.69) is 23.8 Å². The summed E-state index contributed by atoms with van der Waals surface area (Å²) in [6.45, 7) is 2.08. The minimum atomic E-state index is 0. The Morgan fingerprint density at radius 2 is 1.86 bits per heavy atom. The van der Waals surface area contributed by atoms with Crippen LogP contribution in [0.4, 0.5) is 0 Å². The summed E-state index contributed by atoms with van der Waals surface area (Å²) in [7, 11) is 3.98. The van der Waals surface area contributed by atoms with Gasteiger partial charge in [-0.15, -0.1) is 12.4 Å². The molecule has 0 fully saturated rings. The van der Waals surface area contributed by atoms with Crippen LogP contribution in [0.15, 0.2) is 36.7 Å². The molecule has 0 bridgehead atoms. The van der Waals surface area contributed by atoms with Crippen molar-refractivity contribution in [2.75, 3.05) is 0 Å². The van der Waals surface area contributed by atoms with E-state index in [1.54, 1.807) is 0 Å². The van der Waals surface area contributed by atoms with Crippen LogP contribution in [0.1, 0.15) is 5.69 Å². The van der Waals surface area contributed by atoms with Crippen molar-refractivity contribution < 1.29 is 18.9 Å². The van der Waals surface area contributed by atoms with Crippen LogP contribution in [-0.4, -0.2) is 9.13 Å². The molecule has 0 aromatic carbocycles. The molecular weight excluding hydrogens is 167 g/mol. The Balaban J connectivity index is 0.000000227. The van der Waals surface area contributed by atoms with E-state index in [0.29, 0.717) is 0 Å². The second kappa shape index (κ2) is 6.59. The zero-order chi connectivity index (χ0) is 9.68. The molecule has 2 heterocycles. The Kier molecular flexibility index (Phi) is 6.19. The van der Waals surface area contributed by atoms with Crippen molar-refractivity contribution in [3.63, 3.8) is 0 Å². The van der Waals surface area contributed by atoms with E-state index in [9.17, 15) is 0 Å². The number of rotatable bonds is 0. The van der Waals surface area contributed by atoms with Crippen molar-refractivity contribution in [2.24, 2.45) is 14.1 Å². The summed E-state index contributed by atoms with van der Waals surface area (Å²) in [5, 5.41) is 0. The molecular formula is C11H15LiN2.